The van der Waals surface area contributed by atoms with Crippen molar-refractivity contribution < 1.29 is 19.0 Å². The number of nitrogens with zero attached hydrogens (tertiary/aromatic N) is 2. The van der Waals surface area contributed by atoms with Crippen LogP contribution in [-0.2, 0) is 19.6 Å². The standard InChI is InChI=1S/C29H23ClFN3O2.C6H12O/c30-25-11-20(14-33)28(35-17-19-10-18(13-32)15-34-16-19)12-29(25)36-27-9-8-22-21(5-3-6-24(22)27)23-4-1-2-7-26(23)31;7-6-4-2-1-3-5-6/h1-7,10-12,15-16,27H,8-9,14,17,33H2;6-7H,1-5H2/t27-;/m0./s1. The topological polar surface area (TPSA) is 101 Å². The van der Waals surface area contributed by atoms with Crippen molar-refractivity contribution in [3.8, 4) is 28.7 Å². The van der Waals surface area contributed by atoms with E-state index in [2.05, 4.69) is 11.1 Å². The largest absolute Gasteiger partial charge is 0.488 e. The van der Waals surface area contributed by atoms with Crippen molar-refractivity contribution in [3.63, 3.8) is 0 Å². The molecule has 1 saturated carbocycles. The number of fused-ring (bicyclic) bond motifs is 1. The van der Waals surface area contributed by atoms with Crippen LogP contribution in [0.4, 0.5) is 4.39 Å². The second kappa shape index (κ2) is 14.5. The highest BCUT2D eigenvalue weighted by Gasteiger charge is 2.28. The lowest BCUT2D eigenvalue weighted by molar-refractivity contribution is 0.130. The molecule has 0 radical (unpaired) electrons. The Bertz CT molecular complexity index is 1600. The number of halogens is 2. The Labute approximate surface area is 256 Å². The number of nitrogens with two attached hydrogens (primary N) is 1. The second-order valence-electron chi connectivity index (χ2n) is 10.9. The lowest BCUT2D eigenvalue weighted by atomic mass is 9.96. The number of pyridine rings is 1. The summed E-state index contributed by atoms with van der Waals surface area (Å²) in [5.74, 6) is 0.799. The number of nitriles is 1. The number of hydrogen-bond donors (Lipinski definition) is 2. The molecular formula is C35H35ClFN3O3. The molecule has 0 unspecified atom stereocenters. The summed E-state index contributed by atoms with van der Waals surface area (Å²) in [5, 5.41) is 18.4. The summed E-state index contributed by atoms with van der Waals surface area (Å²) < 4.78 is 26.9. The number of benzene rings is 3. The predicted octanol–water partition coefficient (Wildman–Crippen LogP) is 7.83. The summed E-state index contributed by atoms with van der Waals surface area (Å²) in [6, 6.07) is 20.0. The van der Waals surface area contributed by atoms with Crippen LogP contribution in [0.5, 0.6) is 11.5 Å². The Balaban J connectivity index is 0.000000463. The zero-order chi connectivity index (χ0) is 30.2. The van der Waals surface area contributed by atoms with Gasteiger partial charge in [0.2, 0.25) is 0 Å². The van der Waals surface area contributed by atoms with Gasteiger partial charge in [-0.25, -0.2) is 4.39 Å². The highest BCUT2D eigenvalue weighted by molar-refractivity contribution is 6.32. The number of aromatic nitrogens is 1. The van der Waals surface area contributed by atoms with Crippen LogP contribution >= 0.6 is 11.6 Å². The van der Waals surface area contributed by atoms with Gasteiger partial charge in [0, 0.05) is 41.7 Å². The number of aliphatic hydroxyl groups excluding tert-OH is 1. The Morgan fingerprint density at radius 1 is 0.977 bits per heavy atom. The fourth-order valence-corrected chi connectivity index (χ4v) is 5.88. The van der Waals surface area contributed by atoms with E-state index in [9.17, 15) is 4.39 Å². The summed E-state index contributed by atoms with van der Waals surface area (Å²) in [6.07, 6.45) is 10.4. The zero-order valence-electron chi connectivity index (χ0n) is 23.9. The van der Waals surface area contributed by atoms with Crippen LogP contribution in [0.3, 0.4) is 0 Å². The predicted molar refractivity (Wildman–Crippen MR) is 165 cm³/mol. The van der Waals surface area contributed by atoms with E-state index in [1.807, 2.05) is 24.3 Å². The van der Waals surface area contributed by atoms with Crippen LogP contribution in [0.1, 0.15) is 72.4 Å². The Morgan fingerprint density at radius 2 is 1.77 bits per heavy atom. The van der Waals surface area contributed by atoms with Crippen molar-refractivity contribution in [2.75, 3.05) is 0 Å². The SMILES string of the molecule is N#Cc1cncc(COc2cc(O[C@H]3CCc4c(-c5ccccc5F)cccc43)c(Cl)cc2CN)c1.OC1CCCCC1. The monoisotopic (exact) mass is 599 g/mol. The van der Waals surface area contributed by atoms with Gasteiger partial charge in [-0.1, -0.05) is 67.3 Å². The van der Waals surface area contributed by atoms with Crippen molar-refractivity contribution in [1.29, 1.82) is 5.26 Å². The molecule has 8 heteroatoms. The molecule has 0 amide bonds. The van der Waals surface area contributed by atoms with Gasteiger partial charge in [0.1, 0.15) is 36.1 Å². The minimum atomic E-state index is -0.243. The maximum absolute atomic E-state index is 14.5. The number of rotatable bonds is 7. The molecule has 1 atom stereocenters. The quantitative estimate of drug-likeness (QED) is 0.224. The van der Waals surface area contributed by atoms with Gasteiger partial charge in [-0.2, -0.15) is 5.26 Å². The van der Waals surface area contributed by atoms with Crippen LogP contribution in [0.15, 0.2) is 73.1 Å². The van der Waals surface area contributed by atoms with Crippen LogP contribution in [0.25, 0.3) is 11.1 Å². The summed E-state index contributed by atoms with van der Waals surface area (Å²) in [6.45, 7) is 0.457. The fraction of sp³-hybridized carbons (Fsp3) is 0.314. The van der Waals surface area contributed by atoms with E-state index in [-0.39, 0.29) is 31.2 Å². The van der Waals surface area contributed by atoms with Gasteiger partial charge in [0.15, 0.2) is 0 Å². The van der Waals surface area contributed by atoms with Crippen molar-refractivity contribution in [1.82, 2.24) is 4.98 Å². The smallest absolute Gasteiger partial charge is 0.142 e. The van der Waals surface area contributed by atoms with E-state index in [0.29, 0.717) is 27.6 Å². The van der Waals surface area contributed by atoms with Gasteiger partial charge < -0.3 is 20.3 Å². The first kappa shape index (κ1) is 30.5. The highest BCUT2D eigenvalue weighted by atomic mass is 35.5. The van der Waals surface area contributed by atoms with E-state index >= 15 is 0 Å². The van der Waals surface area contributed by atoms with Crippen molar-refractivity contribution >= 4 is 11.6 Å². The first-order chi connectivity index (χ1) is 21.0. The maximum atomic E-state index is 14.5. The zero-order valence-corrected chi connectivity index (χ0v) is 24.7. The summed E-state index contributed by atoms with van der Waals surface area (Å²) >= 11 is 6.56. The second-order valence-corrected chi connectivity index (χ2v) is 11.3. The van der Waals surface area contributed by atoms with Crippen LogP contribution < -0.4 is 15.2 Å². The van der Waals surface area contributed by atoms with Crippen molar-refractivity contribution in [2.24, 2.45) is 5.73 Å². The average Bonchev–Trinajstić information content (AvgIpc) is 3.45. The molecule has 4 aromatic rings. The third kappa shape index (κ3) is 7.52. The van der Waals surface area contributed by atoms with Crippen molar-refractivity contribution in [2.45, 2.75) is 70.3 Å². The molecule has 2 aliphatic rings. The lowest BCUT2D eigenvalue weighted by Gasteiger charge is -2.19. The van der Waals surface area contributed by atoms with Gasteiger partial charge in [-0.3, -0.25) is 4.98 Å². The molecule has 2 aliphatic carbocycles. The molecular weight excluding hydrogens is 565 g/mol. The Morgan fingerprint density at radius 3 is 2.49 bits per heavy atom. The molecule has 0 aliphatic heterocycles. The molecule has 3 N–H and O–H groups in total. The molecule has 1 aromatic heterocycles. The van der Waals surface area contributed by atoms with E-state index in [1.165, 1.54) is 31.5 Å². The fourth-order valence-electron chi connectivity index (χ4n) is 5.65. The average molecular weight is 600 g/mol. The van der Waals surface area contributed by atoms with Gasteiger partial charge in [-0.15, -0.1) is 0 Å². The van der Waals surface area contributed by atoms with Crippen LogP contribution in [0.2, 0.25) is 5.02 Å². The third-order valence-corrected chi connectivity index (χ3v) is 8.17. The number of aliphatic hydroxyl groups is 1. The number of ether oxygens (including phenoxy) is 2. The van der Waals surface area contributed by atoms with E-state index in [4.69, 9.17) is 37.2 Å². The molecule has 0 saturated heterocycles. The molecule has 6 rings (SSSR count). The molecule has 3 aromatic carbocycles. The third-order valence-electron chi connectivity index (χ3n) is 7.88. The minimum Gasteiger partial charge on any atom is -0.488 e. The molecule has 43 heavy (non-hydrogen) atoms. The summed E-state index contributed by atoms with van der Waals surface area (Å²) in [5.41, 5.74) is 11.5. The first-order valence-corrected chi connectivity index (χ1v) is 15.0. The van der Waals surface area contributed by atoms with E-state index < -0.39 is 0 Å². The molecule has 0 spiro atoms. The van der Waals surface area contributed by atoms with Crippen LogP contribution in [-0.4, -0.2) is 16.2 Å². The minimum absolute atomic E-state index is 0.0359. The number of hydrogen-bond acceptors (Lipinski definition) is 6. The molecule has 6 nitrogen and oxygen atoms in total. The normalized spacial score (nSPS) is 16.0. The molecule has 222 valence electrons. The van der Waals surface area contributed by atoms with E-state index in [0.717, 1.165) is 53.5 Å². The Hall–Kier alpha value is -3.96. The van der Waals surface area contributed by atoms with Gasteiger partial charge in [0.25, 0.3) is 0 Å². The van der Waals surface area contributed by atoms with Gasteiger partial charge in [0.05, 0.1) is 16.7 Å². The highest BCUT2D eigenvalue weighted by Crippen LogP contribution is 2.43. The first-order valence-electron chi connectivity index (χ1n) is 14.7. The maximum Gasteiger partial charge on any atom is 0.142 e. The summed E-state index contributed by atoms with van der Waals surface area (Å²) in [4.78, 5) is 4.07. The van der Waals surface area contributed by atoms with Gasteiger partial charge >= 0.3 is 0 Å². The molecule has 0 bridgehead atoms. The van der Waals surface area contributed by atoms with Crippen LogP contribution in [0, 0.1) is 17.1 Å². The molecule has 1 heterocycles. The van der Waals surface area contributed by atoms with Crippen molar-refractivity contribution in [3.05, 3.63) is 112 Å². The van der Waals surface area contributed by atoms with E-state index in [1.54, 1.807) is 36.5 Å². The van der Waals surface area contributed by atoms with Gasteiger partial charge in [-0.05, 0) is 60.6 Å². The Kier molecular flexibility index (Phi) is 10.3. The lowest BCUT2D eigenvalue weighted by Crippen LogP contribution is -2.09. The summed E-state index contributed by atoms with van der Waals surface area (Å²) in [7, 11) is 0. The molecule has 1 fully saturated rings.